The first-order valence-corrected chi connectivity index (χ1v) is 10.9. The highest BCUT2D eigenvalue weighted by Gasteiger charge is 2.08. The van der Waals surface area contributed by atoms with E-state index in [0.29, 0.717) is 11.3 Å². The molecule has 32 heavy (non-hydrogen) atoms. The smallest absolute Gasteiger partial charge is 0.259 e. The number of rotatable bonds is 9. The van der Waals surface area contributed by atoms with E-state index in [0.717, 1.165) is 27.5 Å². The maximum Gasteiger partial charge on any atom is 0.259 e. The molecule has 0 aliphatic heterocycles. The molecule has 8 heteroatoms. The molecule has 1 aromatic heterocycles. The summed E-state index contributed by atoms with van der Waals surface area (Å²) < 4.78 is 5.44. The molecule has 0 saturated heterocycles. The van der Waals surface area contributed by atoms with Crippen molar-refractivity contribution in [2.75, 3.05) is 13.7 Å². The second-order valence-corrected chi connectivity index (χ2v) is 7.87. The van der Waals surface area contributed by atoms with E-state index < -0.39 is 5.91 Å². The van der Waals surface area contributed by atoms with Crippen molar-refractivity contribution >= 4 is 29.8 Å². The Morgan fingerprint density at radius 3 is 2.75 bits per heavy atom. The van der Waals surface area contributed by atoms with Crippen LogP contribution in [0.3, 0.4) is 0 Å². The predicted octanol–water partition coefficient (Wildman–Crippen LogP) is 3.57. The number of nitrogens with zero attached hydrogens (tertiary/aromatic N) is 2. The zero-order chi connectivity index (χ0) is 22.8. The third-order valence-electron chi connectivity index (χ3n) is 4.41. The molecule has 0 atom stereocenters. The zero-order valence-corrected chi connectivity index (χ0v) is 18.7. The van der Waals surface area contributed by atoms with Crippen LogP contribution < -0.4 is 15.5 Å². The van der Waals surface area contributed by atoms with Gasteiger partial charge in [-0.25, -0.2) is 10.4 Å². The van der Waals surface area contributed by atoms with Gasteiger partial charge in [-0.15, -0.1) is 11.8 Å². The minimum atomic E-state index is -0.415. The molecule has 0 aliphatic rings. The summed E-state index contributed by atoms with van der Waals surface area (Å²) in [6, 6.07) is 18.6. The van der Waals surface area contributed by atoms with Crippen LogP contribution >= 0.6 is 11.8 Å². The molecule has 2 aromatic carbocycles. The number of methoxy groups -OCH3 is 1. The van der Waals surface area contributed by atoms with Gasteiger partial charge in [0, 0.05) is 23.1 Å². The van der Waals surface area contributed by atoms with Crippen LogP contribution in [0, 0.1) is 6.92 Å². The molecule has 0 saturated carbocycles. The molecule has 0 bridgehead atoms. The van der Waals surface area contributed by atoms with Gasteiger partial charge < -0.3 is 10.1 Å². The summed E-state index contributed by atoms with van der Waals surface area (Å²) in [6.07, 6.45) is 3.31. The Morgan fingerprint density at radius 1 is 1.12 bits per heavy atom. The van der Waals surface area contributed by atoms with Crippen LogP contribution in [0.4, 0.5) is 0 Å². The fourth-order valence-electron chi connectivity index (χ4n) is 2.84. The number of ether oxygens (including phenoxy) is 1. The van der Waals surface area contributed by atoms with E-state index in [2.05, 4.69) is 20.8 Å². The van der Waals surface area contributed by atoms with E-state index in [9.17, 15) is 9.59 Å². The maximum absolute atomic E-state index is 12.1. The number of thioether (sulfide) groups is 1. The van der Waals surface area contributed by atoms with Gasteiger partial charge in [-0.1, -0.05) is 23.8 Å². The number of aryl methyl sites for hydroxylation is 1. The van der Waals surface area contributed by atoms with E-state index in [-0.39, 0.29) is 12.5 Å². The third-order valence-corrected chi connectivity index (χ3v) is 5.40. The molecule has 0 spiro atoms. The average molecular weight is 449 g/mol. The summed E-state index contributed by atoms with van der Waals surface area (Å²) in [7, 11) is 1.63. The summed E-state index contributed by atoms with van der Waals surface area (Å²) in [4.78, 5) is 28.4. The quantitative estimate of drug-likeness (QED) is 0.297. The van der Waals surface area contributed by atoms with Crippen LogP contribution in [0.5, 0.6) is 5.75 Å². The van der Waals surface area contributed by atoms with Gasteiger partial charge in [0.1, 0.15) is 5.75 Å². The van der Waals surface area contributed by atoms with Gasteiger partial charge >= 0.3 is 0 Å². The Balaban J connectivity index is 1.52. The highest BCUT2D eigenvalue weighted by molar-refractivity contribution is 7.98. The average Bonchev–Trinajstić information content (AvgIpc) is 2.82. The van der Waals surface area contributed by atoms with Gasteiger partial charge in [-0.05, 0) is 55.0 Å². The Kier molecular flexibility index (Phi) is 8.39. The van der Waals surface area contributed by atoms with Crippen molar-refractivity contribution in [3.63, 3.8) is 0 Å². The van der Waals surface area contributed by atoms with Crippen LogP contribution in [0.2, 0.25) is 0 Å². The van der Waals surface area contributed by atoms with Crippen molar-refractivity contribution in [3.8, 4) is 5.75 Å². The molecule has 2 N–H and O–H groups in total. The van der Waals surface area contributed by atoms with Gasteiger partial charge in [0.15, 0.2) is 0 Å². The lowest BCUT2D eigenvalue weighted by atomic mass is 10.1. The predicted molar refractivity (Wildman–Crippen MR) is 126 cm³/mol. The standard InChI is InChI=1S/C24H24N4O3S/c1-17-6-5-7-19(12-17)24(30)26-15-22(29)28-27-14-18-9-10-21(31-2)20(13-18)16-32-23-8-3-4-11-25-23/h3-14H,15-16H2,1-2H3,(H,26,30)(H,28,29)/b27-14+. The number of hydrogen-bond donors (Lipinski definition) is 2. The number of benzene rings is 2. The molecule has 0 unspecified atom stereocenters. The molecule has 1 heterocycles. The zero-order valence-electron chi connectivity index (χ0n) is 17.9. The maximum atomic E-state index is 12.1. The number of hydrazone groups is 1. The van der Waals surface area contributed by atoms with E-state index in [4.69, 9.17) is 4.74 Å². The van der Waals surface area contributed by atoms with Crippen LogP contribution in [-0.4, -0.2) is 36.7 Å². The molecule has 0 radical (unpaired) electrons. The van der Waals surface area contributed by atoms with Crippen molar-refractivity contribution in [1.29, 1.82) is 0 Å². The SMILES string of the molecule is COc1ccc(/C=N/NC(=O)CNC(=O)c2cccc(C)c2)cc1CSc1ccccn1. The first-order chi connectivity index (χ1) is 15.5. The van der Waals surface area contributed by atoms with Gasteiger partial charge in [0.2, 0.25) is 0 Å². The summed E-state index contributed by atoms with van der Waals surface area (Å²) in [5, 5.41) is 7.49. The molecule has 3 aromatic rings. The number of carbonyl (C=O) groups excluding carboxylic acids is 2. The lowest BCUT2D eigenvalue weighted by molar-refractivity contribution is -0.120. The van der Waals surface area contributed by atoms with Gasteiger partial charge in [-0.2, -0.15) is 5.10 Å². The second-order valence-electron chi connectivity index (χ2n) is 6.87. The molecular formula is C24H24N4O3S. The van der Waals surface area contributed by atoms with Crippen molar-refractivity contribution in [3.05, 3.63) is 89.1 Å². The lowest BCUT2D eigenvalue weighted by Gasteiger charge is -2.09. The molecular weight excluding hydrogens is 424 g/mol. The van der Waals surface area contributed by atoms with E-state index in [1.54, 1.807) is 49.5 Å². The summed E-state index contributed by atoms with van der Waals surface area (Å²) in [6.45, 7) is 1.73. The van der Waals surface area contributed by atoms with E-state index in [1.807, 2.05) is 49.4 Å². The number of amides is 2. The highest BCUT2D eigenvalue weighted by Crippen LogP contribution is 2.27. The lowest BCUT2D eigenvalue weighted by Crippen LogP contribution is -2.34. The first kappa shape index (κ1) is 23.0. The van der Waals surface area contributed by atoms with E-state index in [1.165, 1.54) is 0 Å². The number of aromatic nitrogens is 1. The number of nitrogens with one attached hydrogen (secondary N) is 2. The number of hydrogen-bond acceptors (Lipinski definition) is 6. The van der Waals surface area contributed by atoms with Crippen LogP contribution in [0.25, 0.3) is 0 Å². The number of pyridine rings is 1. The summed E-state index contributed by atoms with van der Waals surface area (Å²) in [5.74, 6) is 0.729. The van der Waals surface area contributed by atoms with E-state index >= 15 is 0 Å². The summed E-state index contributed by atoms with van der Waals surface area (Å²) >= 11 is 1.60. The molecule has 7 nitrogen and oxygen atoms in total. The Labute approximate surface area is 191 Å². The Morgan fingerprint density at radius 2 is 2.00 bits per heavy atom. The molecule has 0 aliphatic carbocycles. The fourth-order valence-corrected chi connectivity index (χ4v) is 3.68. The van der Waals surface area contributed by atoms with Crippen molar-refractivity contribution < 1.29 is 14.3 Å². The van der Waals surface area contributed by atoms with Crippen molar-refractivity contribution in [2.24, 2.45) is 5.10 Å². The van der Waals surface area contributed by atoms with Crippen molar-refractivity contribution in [2.45, 2.75) is 17.7 Å². The largest absolute Gasteiger partial charge is 0.496 e. The first-order valence-electron chi connectivity index (χ1n) is 9.92. The van der Waals surface area contributed by atoms with Crippen molar-refractivity contribution in [1.82, 2.24) is 15.7 Å². The van der Waals surface area contributed by atoms with Gasteiger partial charge in [0.25, 0.3) is 11.8 Å². The Bertz CT molecular complexity index is 1100. The fraction of sp³-hybridized carbons (Fsp3) is 0.167. The van der Waals surface area contributed by atoms with Gasteiger partial charge in [0.05, 0.1) is 24.9 Å². The molecule has 0 fully saturated rings. The summed E-state index contributed by atoms with van der Waals surface area (Å²) in [5.41, 5.74) is 5.71. The number of carbonyl (C=O) groups is 2. The Hall–Kier alpha value is -3.65. The normalized spacial score (nSPS) is 10.7. The molecule has 3 rings (SSSR count). The highest BCUT2D eigenvalue weighted by atomic mass is 32.2. The topological polar surface area (TPSA) is 92.7 Å². The molecule has 2 amide bonds. The van der Waals surface area contributed by atoms with Crippen LogP contribution in [0.15, 0.2) is 77.0 Å². The minimum absolute atomic E-state index is 0.168. The van der Waals surface area contributed by atoms with Gasteiger partial charge in [-0.3, -0.25) is 9.59 Å². The second kappa shape index (κ2) is 11.7. The third kappa shape index (κ3) is 6.95. The molecule has 164 valence electrons. The van der Waals surface area contributed by atoms with Crippen LogP contribution in [0.1, 0.15) is 27.0 Å². The monoisotopic (exact) mass is 448 g/mol. The minimum Gasteiger partial charge on any atom is -0.496 e. The van der Waals surface area contributed by atoms with Crippen LogP contribution in [-0.2, 0) is 10.5 Å².